The SMILES string of the molecule is CC(=O)[C@H](C)Oc1cc(Cn2c(C)c(Oc3ccc(Cl)cc3)c3ccc(OC(F)(F)F)cc32)ccc1Cl. The molecule has 0 amide bonds. The van der Waals surface area contributed by atoms with Gasteiger partial charge in [0.15, 0.2) is 17.6 Å². The van der Waals surface area contributed by atoms with Gasteiger partial charge in [-0.05, 0) is 74.9 Å². The molecule has 0 saturated carbocycles. The number of benzene rings is 3. The third kappa shape index (κ3) is 6.32. The van der Waals surface area contributed by atoms with Crippen LogP contribution in [0.15, 0.2) is 60.7 Å². The average Bonchev–Trinajstić information content (AvgIpc) is 3.06. The third-order valence-corrected chi connectivity index (χ3v) is 6.28. The maximum absolute atomic E-state index is 12.9. The first kappa shape index (κ1) is 26.7. The lowest BCUT2D eigenvalue weighted by Gasteiger charge is -2.15. The quantitative estimate of drug-likeness (QED) is 0.221. The van der Waals surface area contributed by atoms with Crippen molar-refractivity contribution in [3.05, 3.63) is 82.0 Å². The molecule has 37 heavy (non-hydrogen) atoms. The van der Waals surface area contributed by atoms with E-state index in [0.717, 1.165) is 5.56 Å². The van der Waals surface area contributed by atoms with Crippen LogP contribution in [0.25, 0.3) is 10.9 Å². The number of halogens is 5. The van der Waals surface area contributed by atoms with Gasteiger partial charge in [-0.1, -0.05) is 29.3 Å². The van der Waals surface area contributed by atoms with Crippen LogP contribution in [0.5, 0.6) is 23.0 Å². The zero-order valence-electron chi connectivity index (χ0n) is 20.0. The van der Waals surface area contributed by atoms with Gasteiger partial charge in [0.05, 0.1) is 16.2 Å². The zero-order valence-corrected chi connectivity index (χ0v) is 21.5. The highest BCUT2D eigenvalue weighted by molar-refractivity contribution is 6.32. The van der Waals surface area contributed by atoms with Crippen LogP contribution >= 0.6 is 23.2 Å². The summed E-state index contributed by atoms with van der Waals surface area (Å²) in [6, 6.07) is 15.9. The van der Waals surface area contributed by atoms with Crippen molar-refractivity contribution in [3.8, 4) is 23.0 Å². The molecule has 5 nitrogen and oxygen atoms in total. The number of nitrogens with zero attached hydrogens (tertiary/aromatic N) is 1. The lowest BCUT2D eigenvalue weighted by molar-refractivity contribution is -0.274. The van der Waals surface area contributed by atoms with Crippen LogP contribution in [-0.4, -0.2) is 22.8 Å². The van der Waals surface area contributed by atoms with E-state index in [1.807, 2.05) is 4.57 Å². The minimum absolute atomic E-state index is 0.157. The number of rotatable bonds is 8. The highest BCUT2D eigenvalue weighted by atomic mass is 35.5. The summed E-state index contributed by atoms with van der Waals surface area (Å²) in [6.45, 7) is 5.10. The van der Waals surface area contributed by atoms with Gasteiger partial charge in [0.25, 0.3) is 0 Å². The van der Waals surface area contributed by atoms with E-state index in [2.05, 4.69) is 4.74 Å². The number of ketones is 1. The second-order valence-electron chi connectivity index (χ2n) is 8.42. The van der Waals surface area contributed by atoms with Crippen molar-refractivity contribution in [2.24, 2.45) is 0 Å². The van der Waals surface area contributed by atoms with Gasteiger partial charge in [0.2, 0.25) is 0 Å². The Balaban J connectivity index is 1.78. The van der Waals surface area contributed by atoms with E-state index in [9.17, 15) is 18.0 Å². The Morgan fingerprint density at radius 3 is 2.32 bits per heavy atom. The van der Waals surface area contributed by atoms with Gasteiger partial charge >= 0.3 is 6.36 Å². The third-order valence-electron chi connectivity index (χ3n) is 5.72. The molecule has 1 atom stereocenters. The lowest BCUT2D eigenvalue weighted by atomic mass is 10.2. The topological polar surface area (TPSA) is 49.7 Å². The number of Topliss-reactive ketones (excluding diaryl/α,β-unsaturated/α-hetero) is 1. The molecule has 0 unspecified atom stereocenters. The van der Waals surface area contributed by atoms with Gasteiger partial charge in [-0.25, -0.2) is 0 Å². The smallest absolute Gasteiger partial charge is 0.481 e. The number of carbonyl (C=O) groups excluding carboxylic acids is 1. The summed E-state index contributed by atoms with van der Waals surface area (Å²) in [5.74, 6) is 0.811. The van der Waals surface area contributed by atoms with Gasteiger partial charge in [0.1, 0.15) is 17.2 Å². The molecule has 0 N–H and O–H groups in total. The normalized spacial score (nSPS) is 12.4. The van der Waals surface area contributed by atoms with Crippen LogP contribution in [0.4, 0.5) is 13.2 Å². The number of aromatic nitrogens is 1. The fraction of sp³-hybridized carbons (Fsp3) is 0.222. The number of hydrogen-bond donors (Lipinski definition) is 0. The molecule has 0 spiro atoms. The van der Waals surface area contributed by atoms with E-state index in [0.29, 0.717) is 43.9 Å². The Labute approximate surface area is 221 Å². The lowest BCUT2D eigenvalue weighted by Crippen LogP contribution is -2.20. The first-order valence-electron chi connectivity index (χ1n) is 11.2. The van der Waals surface area contributed by atoms with Gasteiger partial charge in [-0.3, -0.25) is 4.79 Å². The summed E-state index contributed by atoms with van der Waals surface area (Å²) < 4.78 is 56.6. The number of ether oxygens (including phenoxy) is 3. The Kier molecular flexibility index (Phi) is 7.62. The molecule has 10 heteroatoms. The number of alkyl halides is 3. The molecule has 3 aromatic carbocycles. The molecule has 0 aliphatic carbocycles. The summed E-state index contributed by atoms with van der Waals surface area (Å²) in [7, 11) is 0. The van der Waals surface area contributed by atoms with Gasteiger partial charge in [-0.2, -0.15) is 0 Å². The van der Waals surface area contributed by atoms with E-state index in [1.165, 1.54) is 25.1 Å². The second kappa shape index (κ2) is 10.6. The van der Waals surface area contributed by atoms with Crippen molar-refractivity contribution in [2.45, 2.75) is 39.8 Å². The van der Waals surface area contributed by atoms with E-state index < -0.39 is 12.5 Å². The van der Waals surface area contributed by atoms with Crippen LogP contribution in [0.3, 0.4) is 0 Å². The average molecular weight is 552 g/mol. The van der Waals surface area contributed by atoms with Crippen molar-refractivity contribution in [2.75, 3.05) is 0 Å². The second-order valence-corrected chi connectivity index (χ2v) is 9.26. The van der Waals surface area contributed by atoms with Crippen molar-refractivity contribution in [1.82, 2.24) is 4.57 Å². The molecule has 0 fully saturated rings. The summed E-state index contributed by atoms with van der Waals surface area (Å²) in [5.41, 5.74) is 1.89. The number of fused-ring (bicyclic) bond motifs is 1. The first-order chi connectivity index (χ1) is 17.4. The summed E-state index contributed by atoms with van der Waals surface area (Å²) >= 11 is 12.2. The Morgan fingerprint density at radius 2 is 1.68 bits per heavy atom. The van der Waals surface area contributed by atoms with Crippen LogP contribution < -0.4 is 14.2 Å². The highest BCUT2D eigenvalue weighted by Crippen LogP contribution is 2.39. The van der Waals surface area contributed by atoms with E-state index in [-0.39, 0.29) is 18.1 Å². The molecule has 0 bridgehead atoms. The summed E-state index contributed by atoms with van der Waals surface area (Å²) in [4.78, 5) is 11.6. The van der Waals surface area contributed by atoms with Crippen LogP contribution in [0, 0.1) is 6.92 Å². The highest BCUT2D eigenvalue weighted by Gasteiger charge is 2.31. The summed E-state index contributed by atoms with van der Waals surface area (Å²) in [5, 5.41) is 1.47. The van der Waals surface area contributed by atoms with E-state index in [4.69, 9.17) is 32.7 Å². The molecule has 194 valence electrons. The first-order valence-corrected chi connectivity index (χ1v) is 11.9. The van der Waals surface area contributed by atoms with Crippen molar-refractivity contribution in [1.29, 1.82) is 0 Å². The predicted octanol–water partition coefficient (Wildman–Crippen LogP) is 8.35. The Bertz CT molecular complexity index is 1450. The zero-order chi connectivity index (χ0) is 26.9. The molecule has 0 radical (unpaired) electrons. The summed E-state index contributed by atoms with van der Waals surface area (Å²) in [6.07, 6.45) is -5.53. The Hall–Kier alpha value is -3.36. The minimum Gasteiger partial charge on any atom is -0.481 e. The monoisotopic (exact) mass is 551 g/mol. The molecule has 0 saturated heterocycles. The van der Waals surface area contributed by atoms with Gasteiger partial charge < -0.3 is 18.8 Å². The fourth-order valence-corrected chi connectivity index (χ4v) is 4.06. The van der Waals surface area contributed by atoms with E-state index >= 15 is 0 Å². The van der Waals surface area contributed by atoms with Crippen LogP contribution in [0.1, 0.15) is 25.1 Å². The molecule has 1 heterocycles. The number of carbonyl (C=O) groups is 1. The van der Waals surface area contributed by atoms with Gasteiger partial charge in [-0.15, -0.1) is 13.2 Å². The molecule has 0 aliphatic heterocycles. The number of hydrogen-bond acceptors (Lipinski definition) is 4. The maximum atomic E-state index is 12.9. The maximum Gasteiger partial charge on any atom is 0.573 e. The molecular formula is C27H22Cl2F3NO4. The standard InChI is InChI=1S/C27H22Cl2F3NO4/c1-15-26(36-20-7-5-19(28)6-8-20)22-10-9-21(37-27(30,31)32)13-24(22)33(15)14-18-4-11-23(29)25(12-18)35-17(3)16(2)34/h4-13,17H,14H2,1-3H3/t17-/m0/s1. The molecule has 4 rings (SSSR count). The minimum atomic E-state index is -4.83. The van der Waals surface area contributed by atoms with Crippen molar-refractivity contribution >= 4 is 39.9 Å². The predicted molar refractivity (Wildman–Crippen MR) is 136 cm³/mol. The van der Waals surface area contributed by atoms with Crippen LogP contribution in [-0.2, 0) is 11.3 Å². The van der Waals surface area contributed by atoms with Crippen molar-refractivity contribution in [3.63, 3.8) is 0 Å². The fourth-order valence-electron chi connectivity index (χ4n) is 3.77. The molecule has 0 aliphatic rings. The van der Waals surface area contributed by atoms with Gasteiger partial charge in [0, 0.05) is 23.0 Å². The largest absolute Gasteiger partial charge is 0.573 e. The molecular weight excluding hydrogens is 530 g/mol. The molecule has 1 aromatic heterocycles. The van der Waals surface area contributed by atoms with Crippen molar-refractivity contribution < 1.29 is 32.2 Å². The molecule has 4 aromatic rings. The van der Waals surface area contributed by atoms with E-state index in [1.54, 1.807) is 56.3 Å². The Morgan fingerprint density at radius 1 is 1.00 bits per heavy atom. The van der Waals surface area contributed by atoms with Crippen LogP contribution in [0.2, 0.25) is 10.0 Å².